The van der Waals surface area contributed by atoms with Crippen LogP contribution in [0.4, 0.5) is 5.82 Å². The van der Waals surface area contributed by atoms with E-state index in [-0.39, 0.29) is 5.78 Å². The average Bonchev–Trinajstić information content (AvgIpc) is 2.99. The van der Waals surface area contributed by atoms with Crippen LogP contribution in [0.3, 0.4) is 0 Å². The Bertz CT molecular complexity index is 775. The van der Waals surface area contributed by atoms with Crippen LogP contribution in [0.25, 0.3) is 6.08 Å². The molecule has 0 aliphatic carbocycles. The minimum Gasteiger partial charge on any atom is -0.360 e. The van der Waals surface area contributed by atoms with Gasteiger partial charge in [0.2, 0.25) is 0 Å². The Hall–Kier alpha value is -2.01. The summed E-state index contributed by atoms with van der Waals surface area (Å²) in [5.41, 5.74) is 1.41. The standard InChI is InChI=1S/C19H22N2O2S/c1-13-9-17(20-23-13)21-11-15(18(22)19(2,3)12-21)10-14-5-7-16(24-4)8-6-14/h5-10H,11-12H2,1-4H3. The molecule has 5 heteroatoms. The number of hydrogen-bond acceptors (Lipinski definition) is 5. The molecular weight excluding hydrogens is 320 g/mol. The second kappa shape index (κ2) is 6.48. The Kier molecular flexibility index (Phi) is 4.54. The molecule has 0 spiro atoms. The second-order valence-corrected chi connectivity index (χ2v) is 7.69. The van der Waals surface area contributed by atoms with Crippen LogP contribution in [0.15, 0.2) is 45.3 Å². The van der Waals surface area contributed by atoms with Gasteiger partial charge in [0.25, 0.3) is 0 Å². The van der Waals surface area contributed by atoms with E-state index in [9.17, 15) is 4.79 Å². The van der Waals surface area contributed by atoms with Crippen molar-refractivity contribution in [1.29, 1.82) is 0 Å². The van der Waals surface area contributed by atoms with Crippen molar-refractivity contribution in [2.75, 3.05) is 24.2 Å². The highest BCUT2D eigenvalue weighted by molar-refractivity contribution is 7.98. The molecule has 0 saturated carbocycles. The number of Topliss-reactive ketones (excluding diaryl/α,β-unsaturated/α-hetero) is 1. The number of nitrogens with zero attached hydrogens (tertiary/aromatic N) is 2. The normalized spacial score (nSPS) is 19.1. The van der Waals surface area contributed by atoms with E-state index >= 15 is 0 Å². The maximum absolute atomic E-state index is 12.8. The molecule has 4 nitrogen and oxygen atoms in total. The van der Waals surface area contributed by atoms with Crippen LogP contribution in [-0.2, 0) is 4.79 Å². The summed E-state index contributed by atoms with van der Waals surface area (Å²) in [5.74, 6) is 1.77. The summed E-state index contributed by atoms with van der Waals surface area (Å²) in [6.45, 7) is 7.04. The topological polar surface area (TPSA) is 46.3 Å². The second-order valence-electron chi connectivity index (χ2n) is 6.81. The zero-order valence-electron chi connectivity index (χ0n) is 14.5. The van der Waals surface area contributed by atoms with E-state index in [0.29, 0.717) is 13.1 Å². The van der Waals surface area contributed by atoms with Crippen molar-refractivity contribution in [1.82, 2.24) is 5.16 Å². The van der Waals surface area contributed by atoms with E-state index in [1.54, 1.807) is 11.8 Å². The number of ketones is 1. The third-order valence-corrected chi connectivity index (χ3v) is 4.99. The first-order valence-electron chi connectivity index (χ1n) is 7.97. The molecule has 0 bridgehead atoms. The minimum absolute atomic E-state index is 0.202. The molecule has 0 amide bonds. The number of carbonyl (C=O) groups excluding carboxylic acids is 1. The number of aromatic nitrogens is 1. The molecule has 0 atom stereocenters. The molecule has 2 aromatic rings. The summed E-state index contributed by atoms with van der Waals surface area (Å²) in [4.78, 5) is 16.1. The number of aryl methyl sites for hydroxylation is 1. The molecule has 1 aromatic heterocycles. The lowest BCUT2D eigenvalue weighted by molar-refractivity contribution is -0.123. The monoisotopic (exact) mass is 342 g/mol. The fraction of sp³-hybridized carbons (Fsp3) is 0.368. The predicted octanol–water partition coefficient (Wildman–Crippen LogP) is 4.20. The van der Waals surface area contributed by atoms with E-state index in [0.717, 1.165) is 22.7 Å². The molecule has 3 rings (SSSR count). The van der Waals surface area contributed by atoms with Crippen LogP contribution < -0.4 is 4.90 Å². The number of rotatable bonds is 3. The summed E-state index contributed by atoms with van der Waals surface area (Å²) >= 11 is 1.71. The summed E-state index contributed by atoms with van der Waals surface area (Å²) in [5, 5.41) is 4.10. The van der Waals surface area contributed by atoms with Crippen LogP contribution in [0.5, 0.6) is 0 Å². The van der Waals surface area contributed by atoms with Crippen molar-refractivity contribution in [3.63, 3.8) is 0 Å². The summed E-state index contributed by atoms with van der Waals surface area (Å²) in [7, 11) is 0. The maximum atomic E-state index is 12.8. The first-order chi connectivity index (χ1) is 11.4. The van der Waals surface area contributed by atoms with E-state index in [1.807, 2.05) is 32.9 Å². The van der Waals surface area contributed by atoms with Crippen LogP contribution in [-0.4, -0.2) is 30.3 Å². The molecule has 1 aliphatic heterocycles. The van der Waals surface area contributed by atoms with Crippen LogP contribution in [0.2, 0.25) is 0 Å². The highest BCUT2D eigenvalue weighted by Gasteiger charge is 2.38. The molecule has 2 heterocycles. The molecule has 1 saturated heterocycles. The van der Waals surface area contributed by atoms with Gasteiger partial charge in [0.1, 0.15) is 5.76 Å². The lowest BCUT2D eigenvalue weighted by Crippen LogP contribution is -2.47. The zero-order chi connectivity index (χ0) is 17.3. The highest BCUT2D eigenvalue weighted by atomic mass is 32.2. The van der Waals surface area contributed by atoms with Crippen LogP contribution in [0, 0.1) is 12.3 Å². The van der Waals surface area contributed by atoms with Gasteiger partial charge in [-0.25, -0.2) is 0 Å². The molecule has 24 heavy (non-hydrogen) atoms. The van der Waals surface area contributed by atoms with Gasteiger partial charge in [-0.3, -0.25) is 4.79 Å². The lowest BCUT2D eigenvalue weighted by atomic mass is 9.79. The molecule has 1 fully saturated rings. The van der Waals surface area contributed by atoms with E-state index in [4.69, 9.17) is 4.52 Å². The predicted molar refractivity (Wildman–Crippen MR) is 98.4 cm³/mol. The van der Waals surface area contributed by atoms with Gasteiger partial charge in [-0.1, -0.05) is 31.1 Å². The van der Waals surface area contributed by atoms with E-state index in [1.165, 1.54) is 4.90 Å². The van der Waals surface area contributed by atoms with Gasteiger partial charge in [-0.05, 0) is 37.0 Å². The Balaban J connectivity index is 1.92. The molecule has 126 valence electrons. The largest absolute Gasteiger partial charge is 0.360 e. The van der Waals surface area contributed by atoms with Crippen molar-refractivity contribution in [3.8, 4) is 0 Å². The van der Waals surface area contributed by atoms with Gasteiger partial charge in [-0.15, -0.1) is 11.8 Å². The van der Waals surface area contributed by atoms with Crippen molar-refractivity contribution in [3.05, 3.63) is 47.2 Å². The van der Waals surface area contributed by atoms with Crippen molar-refractivity contribution in [2.24, 2.45) is 5.41 Å². The third-order valence-electron chi connectivity index (χ3n) is 4.25. The van der Waals surface area contributed by atoms with Gasteiger partial charge in [0.05, 0.1) is 0 Å². The maximum Gasteiger partial charge on any atom is 0.172 e. The molecule has 0 N–H and O–H groups in total. The molecule has 0 radical (unpaired) electrons. The number of thioether (sulfide) groups is 1. The quantitative estimate of drug-likeness (QED) is 0.618. The number of benzene rings is 1. The molecular formula is C19H22N2O2S. The van der Waals surface area contributed by atoms with Gasteiger partial charge in [0.15, 0.2) is 11.6 Å². The summed E-state index contributed by atoms with van der Waals surface area (Å²) < 4.78 is 5.19. The van der Waals surface area contributed by atoms with Crippen LogP contribution in [0.1, 0.15) is 25.2 Å². The summed E-state index contributed by atoms with van der Waals surface area (Å²) in [6, 6.07) is 10.2. The van der Waals surface area contributed by atoms with Crippen molar-refractivity contribution >= 4 is 29.4 Å². The smallest absolute Gasteiger partial charge is 0.172 e. The van der Waals surface area contributed by atoms with E-state index < -0.39 is 5.41 Å². The Morgan fingerprint density at radius 1 is 1.29 bits per heavy atom. The Morgan fingerprint density at radius 2 is 2.00 bits per heavy atom. The zero-order valence-corrected chi connectivity index (χ0v) is 15.3. The van der Waals surface area contributed by atoms with Crippen LogP contribution >= 0.6 is 11.8 Å². The minimum atomic E-state index is -0.448. The van der Waals surface area contributed by atoms with Gasteiger partial charge >= 0.3 is 0 Å². The van der Waals surface area contributed by atoms with Gasteiger partial charge < -0.3 is 9.42 Å². The molecule has 1 aliphatic rings. The lowest BCUT2D eigenvalue weighted by Gasteiger charge is -2.38. The first kappa shape index (κ1) is 16.8. The van der Waals surface area contributed by atoms with E-state index in [2.05, 4.69) is 40.6 Å². The van der Waals surface area contributed by atoms with Gasteiger partial charge in [0, 0.05) is 35.0 Å². The Morgan fingerprint density at radius 3 is 2.58 bits per heavy atom. The number of carbonyl (C=O) groups is 1. The first-order valence-corrected chi connectivity index (χ1v) is 9.19. The highest BCUT2D eigenvalue weighted by Crippen LogP contribution is 2.32. The van der Waals surface area contributed by atoms with Crippen molar-refractivity contribution in [2.45, 2.75) is 25.7 Å². The molecule has 0 unspecified atom stereocenters. The number of hydrogen-bond donors (Lipinski definition) is 0. The number of piperidine rings is 1. The van der Waals surface area contributed by atoms with Crippen molar-refractivity contribution < 1.29 is 9.32 Å². The SMILES string of the molecule is CSc1ccc(C=C2CN(c3cc(C)on3)CC(C)(C)C2=O)cc1. The number of anilines is 1. The third kappa shape index (κ3) is 3.41. The summed E-state index contributed by atoms with van der Waals surface area (Å²) in [6.07, 6.45) is 4.05. The Labute approximate surface area is 146 Å². The molecule has 1 aromatic carbocycles. The fourth-order valence-corrected chi connectivity index (χ4v) is 3.40. The fourth-order valence-electron chi connectivity index (χ4n) is 2.99. The average molecular weight is 342 g/mol. The van der Waals surface area contributed by atoms with Gasteiger partial charge in [-0.2, -0.15) is 0 Å².